The largest absolute Gasteiger partial charge is 0.493 e. The van der Waals surface area contributed by atoms with Crippen LogP contribution in [-0.4, -0.2) is 25.0 Å². The van der Waals surface area contributed by atoms with E-state index in [-0.39, 0.29) is 28.7 Å². The summed E-state index contributed by atoms with van der Waals surface area (Å²) < 4.78 is 11.3. The Labute approximate surface area is 218 Å². The normalized spacial score (nSPS) is 14.4. The van der Waals surface area contributed by atoms with E-state index < -0.39 is 17.8 Å². The molecule has 3 aromatic carbocycles. The zero-order chi connectivity index (χ0) is 26.7. The van der Waals surface area contributed by atoms with E-state index in [1.54, 1.807) is 48.5 Å². The number of hydrogen-bond donors (Lipinski definition) is 1. The van der Waals surface area contributed by atoms with Gasteiger partial charge >= 0.3 is 6.03 Å². The van der Waals surface area contributed by atoms with Gasteiger partial charge in [-0.15, -0.1) is 0 Å². The molecule has 3 aromatic rings. The molecule has 0 spiro atoms. The van der Waals surface area contributed by atoms with Crippen LogP contribution in [0.25, 0.3) is 6.08 Å². The Bertz CT molecular complexity index is 1510. The van der Waals surface area contributed by atoms with Crippen molar-refractivity contribution in [2.24, 2.45) is 0 Å². The first-order chi connectivity index (χ1) is 17.7. The summed E-state index contributed by atoms with van der Waals surface area (Å²) in [4.78, 5) is 39.2. The van der Waals surface area contributed by atoms with Crippen LogP contribution in [0.5, 0.6) is 11.5 Å². The lowest BCUT2D eigenvalue weighted by atomic mass is 10.0. The van der Waals surface area contributed by atoms with Gasteiger partial charge in [0.15, 0.2) is 11.5 Å². The summed E-state index contributed by atoms with van der Waals surface area (Å²) in [6.07, 6.45) is 1.33. The zero-order valence-electron chi connectivity index (χ0n) is 20.3. The molecule has 0 aliphatic carbocycles. The number of barbiturate groups is 1. The summed E-state index contributed by atoms with van der Waals surface area (Å²) in [5.74, 6) is -1.08. The maximum atomic E-state index is 13.2. The van der Waals surface area contributed by atoms with Gasteiger partial charge in [-0.3, -0.25) is 14.9 Å². The molecule has 4 amide bonds. The van der Waals surface area contributed by atoms with Crippen molar-refractivity contribution in [2.45, 2.75) is 20.5 Å². The maximum Gasteiger partial charge on any atom is 0.335 e. The lowest BCUT2D eigenvalue weighted by Crippen LogP contribution is -2.54. The van der Waals surface area contributed by atoms with Gasteiger partial charge in [-0.25, -0.2) is 9.69 Å². The molecule has 0 unspecified atom stereocenters. The predicted molar refractivity (Wildman–Crippen MR) is 138 cm³/mol. The molecule has 0 aromatic heterocycles. The van der Waals surface area contributed by atoms with Gasteiger partial charge in [-0.2, -0.15) is 5.26 Å². The average Bonchev–Trinajstić information content (AvgIpc) is 2.87. The van der Waals surface area contributed by atoms with Crippen LogP contribution in [0, 0.1) is 25.2 Å². The Morgan fingerprint density at radius 2 is 1.81 bits per heavy atom. The van der Waals surface area contributed by atoms with Gasteiger partial charge < -0.3 is 9.47 Å². The Balaban J connectivity index is 1.66. The molecule has 1 heterocycles. The van der Waals surface area contributed by atoms with E-state index in [0.29, 0.717) is 22.4 Å². The molecule has 0 saturated carbocycles. The highest BCUT2D eigenvalue weighted by molar-refractivity contribution is 6.39. The minimum atomic E-state index is -0.826. The van der Waals surface area contributed by atoms with Crippen molar-refractivity contribution < 1.29 is 23.9 Å². The second-order valence-corrected chi connectivity index (χ2v) is 8.73. The molecule has 1 fully saturated rings. The third-order valence-corrected chi connectivity index (χ3v) is 6.20. The number of halogens is 1. The van der Waals surface area contributed by atoms with Crippen molar-refractivity contribution in [1.29, 1.82) is 5.26 Å². The number of nitrogens with zero attached hydrogens (tertiary/aromatic N) is 2. The summed E-state index contributed by atoms with van der Waals surface area (Å²) in [5, 5.41) is 11.7. The first-order valence-electron chi connectivity index (χ1n) is 11.2. The number of ether oxygens (including phenoxy) is 2. The number of benzene rings is 3. The SMILES string of the molecule is COc1cc(/C=C2\C(=O)NC(=O)N(c3ccc(C)c(C)c3)C2=O)cc(Cl)c1OCc1ccccc1C#N. The molecule has 9 heteroatoms. The van der Waals surface area contributed by atoms with Gasteiger partial charge in [0, 0.05) is 5.56 Å². The van der Waals surface area contributed by atoms with E-state index >= 15 is 0 Å². The van der Waals surface area contributed by atoms with Crippen LogP contribution in [-0.2, 0) is 16.2 Å². The number of nitriles is 1. The monoisotopic (exact) mass is 515 g/mol. The number of nitrogens with one attached hydrogen (secondary N) is 1. The predicted octanol–water partition coefficient (Wildman–Crippen LogP) is 5.08. The Morgan fingerprint density at radius 1 is 1.05 bits per heavy atom. The number of amides is 4. The number of methoxy groups -OCH3 is 1. The van der Waals surface area contributed by atoms with E-state index in [4.69, 9.17) is 21.1 Å². The molecule has 1 aliphatic heterocycles. The van der Waals surface area contributed by atoms with Crippen molar-refractivity contribution in [3.63, 3.8) is 0 Å². The van der Waals surface area contributed by atoms with Crippen molar-refractivity contribution in [1.82, 2.24) is 5.32 Å². The molecule has 4 rings (SSSR count). The number of carbonyl (C=O) groups is 3. The first-order valence-corrected chi connectivity index (χ1v) is 11.6. The molecule has 0 atom stereocenters. The highest BCUT2D eigenvalue weighted by atomic mass is 35.5. The molecule has 186 valence electrons. The Kier molecular flexibility index (Phi) is 7.27. The molecule has 1 saturated heterocycles. The maximum absolute atomic E-state index is 13.2. The molecular formula is C28H22ClN3O5. The molecule has 0 bridgehead atoms. The molecule has 0 radical (unpaired) electrons. The number of imide groups is 2. The van der Waals surface area contributed by atoms with Crippen LogP contribution in [0.3, 0.4) is 0 Å². The smallest absolute Gasteiger partial charge is 0.335 e. The van der Waals surface area contributed by atoms with Gasteiger partial charge in [-0.1, -0.05) is 35.9 Å². The van der Waals surface area contributed by atoms with Crippen LogP contribution in [0.1, 0.15) is 27.8 Å². The molecule has 1 N–H and O–H groups in total. The number of anilines is 1. The minimum absolute atomic E-state index is 0.0776. The summed E-state index contributed by atoms with van der Waals surface area (Å²) in [6, 6.07) is 16.5. The minimum Gasteiger partial charge on any atom is -0.493 e. The van der Waals surface area contributed by atoms with Crippen molar-refractivity contribution >= 4 is 41.2 Å². The molecule has 37 heavy (non-hydrogen) atoms. The number of hydrogen-bond acceptors (Lipinski definition) is 6. The molecule has 1 aliphatic rings. The van der Waals surface area contributed by atoms with E-state index in [9.17, 15) is 19.6 Å². The average molecular weight is 516 g/mol. The highest BCUT2D eigenvalue weighted by Crippen LogP contribution is 2.38. The Morgan fingerprint density at radius 3 is 2.51 bits per heavy atom. The van der Waals surface area contributed by atoms with Gasteiger partial charge in [0.2, 0.25) is 0 Å². The quantitative estimate of drug-likeness (QED) is 0.362. The fourth-order valence-electron chi connectivity index (χ4n) is 3.79. The fourth-order valence-corrected chi connectivity index (χ4v) is 4.07. The van der Waals surface area contributed by atoms with Crippen LogP contribution in [0.15, 0.2) is 60.2 Å². The third kappa shape index (κ3) is 5.17. The second kappa shape index (κ2) is 10.6. The third-order valence-electron chi connectivity index (χ3n) is 5.92. The fraction of sp³-hybridized carbons (Fsp3) is 0.143. The lowest BCUT2D eigenvalue weighted by molar-refractivity contribution is -0.122. The zero-order valence-corrected chi connectivity index (χ0v) is 21.1. The molecular weight excluding hydrogens is 494 g/mol. The number of aryl methyl sites for hydroxylation is 2. The van der Waals surface area contributed by atoms with E-state index in [2.05, 4.69) is 11.4 Å². The van der Waals surface area contributed by atoms with Gasteiger partial charge in [0.1, 0.15) is 12.2 Å². The number of urea groups is 1. The van der Waals surface area contributed by atoms with Gasteiger partial charge in [-0.05, 0) is 66.9 Å². The van der Waals surface area contributed by atoms with E-state index in [1.807, 2.05) is 13.8 Å². The summed E-state index contributed by atoms with van der Waals surface area (Å²) in [7, 11) is 1.43. The first kappa shape index (κ1) is 25.5. The van der Waals surface area contributed by atoms with Gasteiger partial charge in [0.25, 0.3) is 11.8 Å². The van der Waals surface area contributed by atoms with E-state index in [0.717, 1.165) is 16.0 Å². The summed E-state index contributed by atoms with van der Waals surface area (Å²) in [5.41, 5.74) is 3.54. The second-order valence-electron chi connectivity index (χ2n) is 8.32. The van der Waals surface area contributed by atoms with Crippen LogP contribution in [0.4, 0.5) is 10.5 Å². The van der Waals surface area contributed by atoms with Crippen molar-refractivity contribution in [3.05, 3.63) is 93.0 Å². The van der Waals surface area contributed by atoms with Gasteiger partial charge in [0.05, 0.1) is 29.5 Å². The van der Waals surface area contributed by atoms with Crippen LogP contribution >= 0.6 is 11.6 Å². The number of rotatable bonds is 6. The van der Waals surface area contributed by atoms with Crippen molar-refractivity contribution in [3.8, 4) is 17.6 Å². The Hall–Kier alpha value is -4.61. The topological polar surface area (TPSA) is 109 Å². The standard InChI is InChI=1S/C28H22ClN3O5/c1-16-8-9-21(10-17(16)2)32-27(34)22(26(33)31-28(32)35)11-18-12-23(29)25(24(13-18)36-3)37-15-20-7-5-4-6-19(20)14-30/h4-13H,15H2,1-3H3,(H,31,33,35)/b22-11+. The summed E-state index contributed by atoms with van der Waals surface area (Å²) >= 11 is 6.47. The van der Waals surface area contributed by atoms with E-state index in [1.165, 1.54) is 19.3 Å². The lowest BCUT2D eigenvalue weighted by Gasteiger charge is -2.27. The van der Waals surface area contributed by atoms with Crippen LogP contribution < -0.4 is 19.7 Å². The van der Waals surface area contributed by atoms with Crippen LogP contribution in [0.2, 0.25) is 5.02 Å². The highest BCUT2D eigenvalue weighted by Gasteiger charge is 2.37. The number of carbonyl (C=O) groups excluding carboxylic acids is 3. The molecule has 8 nitrogen and oxygen atoms in total. The summed E-state index contributed by atoms with van der Waals surface area (Å²) in [6.45, 7) is 3.86. The van der Waals surface area contributed by atoms with Crippen molar-refractivity contribution in [2.75, 3.05) is 12.0 Å².